The van der Waals surface area contributed by atoms with Crippen LogP contribution >= 0.6 is 23.2 Å². The molecule has 0 radical (unpaired) electrons. The normalized spacial score (nSPS) is 13.1. The summed E-state index contributed by atoms with van der Waals surface area (Å²) < 4.78 is 201. The Hall–Kier alpha value is -5.25. The van der Waals surface area contributed by atoms with Crippen LogP contribution in [0.25, 0.3) is 0 Å². The summed E-state index contributed by atoms with van der Waals surface area (Å²) in [6, 6.07) is 9.83. The number of halogens is 17. The molecule has 0 aromatic heterocycles. The number of nitrogens with two attached hydrogens (primary N) is 2. The maximum absolute atomic E-state index is 13.9. The predicted molar refractivity (Wildman–Crippen MR) is 175 cm³/mol. The van der Waals surface area contributed by atoms with Crippen LogP contribution in [0.2, 0.25) is 10.0 Å². The zero-order valence-corrected chi connectivity index (χ0v) is 29.2. The molecular weight excluding hydrogens is 858 g/mol. The maximum Gasteiger partial charge on any atom is 0.460 e. The van der Waals surface area contributed by atoms with E-state index in [9.17, 15) is 70.7 Å². The molecule has 1 aliphatic heterocycles. The van der Waals surface area contributed by atoms with Crippen molar-refractivity contribution in [3.8, 4) is 23.0 Å². The molecule has 0 fully saturated rings. The van der Waals surface area contributed by atoms with Gasteiger partial charge in [-0.05, 0) is 48.0 Å². The van der Waals surface area contributed by atoms with Crippen LogP contribution in [0.15, 0.2) is 65.7 Å². The topological polar surface area (TPSA) is 120 Å². The van der Waals surface area contributed by atoms with E-state index in [0.717, 1.165) is 36.4 Å². The van der Waals surface area contributed by atoms with Gasteiger partial charge in [-0.25, -0.2) is 22.4 Å². The van der Waals surface area contributed by atoms with E-state index in [1.165, 1.54) is 12.1 Å². The Labute approximate surface area is 319 Å². The molecule has 4 aromatic rings. The average molecular weight is 878 g/mol. The highest BCUT2D eigenvalue weighted by Crippen LogP contribution is 2.50. The highest BCUT2D eigenvalue weighted by molar-refractivity contribution is 6.33. The fraction of sp³-hybridized carbons (Fsp3) is 0.212. The highest BCUT2D eigenvalue weighted by Gasteiger charge is 2.75. The lowest BCUT2D eigenvalue weighted by molar-refractivity contribution is -0.336. The summed E-state index contributed by atoms with van der Waals surface area (Å²) in [6.07, 6.45) is -7.55. The SMILES string of the molecule is CC(F)(F)C(F)(F)C(=O)O.Fc1ccc(Oc2cc3c(cc2Cl)N=C(C(F)(F)C(F)(F)C(F)(F)F)C3)c(F)c1.Nc1cc(Cl)c(Oc2ccc(F)cc2F)cc1N. The minimum absolute atomic E-state index is 0.147. The lowest BCUT2D eigenvalue weighted by Gasteiger charge is -2.28. The first kappa shape index (κ1) is 46.1. The minimum atomic E-state index is -6.50. The molecule has 57 heavy (non-hydrogen) atoms. The van der Waals surface area contributed by atoms with Crippen molar-refractivity contribution in [2.75, 3.05) is 11.5 Å². The van der Waals surface area contributed by atoms with Gasteiger partial charge in [0.25, 0.3) is 0 Å². The van der Waals surface area contributed by atoms with E-state index < -0.39 is 77.0 Å². The number of rotatable bonds is 8. The number of fused-ring (bicyclic) bond motifs is 1. The second kappa shape index (κ2) is 16.7. The summed E-state index contributed by atoms with van der Waals surface area (Å²) in [4.78, 5) is 12.6. The number of benzene rings is 4. The number of hydrogen-bond acceptors (Lipinski definition) is 6. The first-order valence-corrected chi connectivity index (χ1v) is 15.5. The fourth-order valence-corrected chi connectivity index (χ4v) is 4.43. The quantitative estimate of drug-likeness (QED) is 0.120. The largest absolute Gasteiger partial charge is 0.477 e. The number of nitrogen functional groups attached to an aromatic ring is 2. The van der Waals surface area contributed by atoms with Crippen LogP contribution in [0.5, 0.6) is 23.0 Å². The van der Waals surface area contributed by atoms with Crippen molar-refractivity contribution in [3.05, 3.63) is 99.5 Å². The summed E-state index contributed by atoms with van der Waals surface area (Å²) in [6.45, 7) is -0.152. The minimum Gasteiger partial charge on any atom is -0.477 e. The van der Waals surface area contributed by atoms with Crippen LogP contribution < -0.4 is 20.9 Å². The number of carboxylic acids is 1. The Morgan fingerprint density at radius 2 is 1.12 bits per heavy atom. The first-order valence-electron chi connectivity index (χ1n) is 14.7. The van der Waals surface area contributed by atoms with Crippen LogP contribution in [-0.2, 0) is 11.2 Å². The first-order chi connectivity index (χ1) is 25.9. The zero-order chi connectivity index (χ0) is 43.6. The Bertz CT molecular complexity index is 2180. The molecule has 1 aliphatic rings. The van der Waals surface area contributed by atoms with Crippen molar-refractivity contribution in [2.45, 2.75) is 43.2 Å². The second-order valence-corrected chi connectivity index (χ2v) is 12.1. The molecule has 5 rings (SSSR count). The fourth-order valence-electron chi connectivity index (χ4n) is 4.02. The Kier molecular flexibility index (Phi) is 13.5. The van der Waals surface area contributed by atoms with Gasteiger partial charge in [-0.3, -0.25) is 4.99 Å². The standard InChI is InChI=1S/C17H7ClF9NO.C12H9ClF2N2O.C4H4F4O2/c18-9-6-11-7(3-13(9)29-12-2-1-8(19)5-10(12)20)4-14(28-11)15(21,22)16(23,24)17(25,26)27;13-7-4-9(16)10(17)5-12(7)18-11-2-1-6(14)3-8(11)15;1-3(5,6)4(7,8)2(9)10/h1-3,5-6H,4H2;1-5H,16-17H2;1H3,(H,9,10). The van der Waals surface area contributed by atoms with Crippen LogP contribution in [0, 0.1) is 23.3 Å². The van der Waals surface area contributed by atoms with Gasteiger partial charge in [-0.1, -0.05) is 23.2 Å². The van der Waals surface area contributed by atoms with Crippen LogP contribution in [-0.4, -0.2) is 46.7 Å². The summed E-state index contributed by atoms with van der Waals surface area (Å²) in [5.41, 5.74) is 9.42. The number of anilines is 2. The third kappa shape index (κ3) is 10.4. The van der Waals surface area contributed by atoms with Gasteiger partial charge in [0, 0.05) is 31.5 Å². The third-order valence-corrected chi connectivity index (χ3v) is 7.64. The molecule has 5 N–H and O–H groups in total. The van der Waals surface area contributed by atoms with Crippen LogP contribution in [0.3, 0.4) is 0 Å². The van der Waals surface area contributed by atoms with Crippen molar-refractivity contribution in [1.82, 2.24) is 0 Å². The van der Waals surface area contributed by atoms with Gasteiger partial charge in [0.05, 0.1) is 32.8 Å². The lowest BCUT2D eigenvalue weighted by Crippen LogP contribution is -2.56. The van der Waals surface area contributed by atoms with Crippen molar-refractivity contribution < 1.29 is 85.2 Å². The van der Waals surface area contributed by atoms with Crippen molar-refractivity contribution in [1.29, 1.82) is 0 Å². The molecule has 0 unspecified atom stereocenters. The van der Waals surface area contributed by atoms with Gasteiger partial charge in [0.2, 0.25) is 0 Å². The van der Waals surface area contributed by atoms with Gasteiger partial charge in [0.1, 0.15) is 23.1 Å². The number of alkyl halides is 11. The van der Waals surface area contributed by atoms with E-state index in [-0.39, 0.29) is 51.2 Å². The van der Waals surface area contributed by atoms with Gasteiger partial charge in [-0.2, -0.15) is 48.3 Å². The second-order valence-electron chi connectivity index (χ2n) is 11.3. The predicted octanol–water partition coefficient (Wildman–Crippen LogP) is 11.8. The number of aliphatic imine (C=N–C) groups is 1. The van der Waals surface area contributed by atoms with Crippen molar-refractivity contribution >= 4 is 51.9 Å². The lowest BCUT2D eigenvalue weighted by atomic mass is 10.0. The summed E-state index contributed by atoms with van der Waals surface area (Å²) in [7, 11) is 0. The molecule has 0 amide bonds. The number of nitrogens with zero attached hydrogens (tertiary/aromatic N) is 1. The Balaban J connectivity index is 0.000000263. The molecule has 0 spiro atoms. The van der Waals surface area contributed by atoms with Gasteiger partial charge >= 0.3 is 35.8 Å². The van der Waals surface area contributed by atoms with Crippen molar-refractivity contribution in [2.24, 2.45) is 4.99 Å². The van der Waals surface area contributed by atoms with Gasteiger partial charge < -0.3 is 26.0 Å². The molecule has 0 aliphatic carbocycles. The monoisotopic (exact) mass is 877 g/mol. The molecule has 24 heteroatoms. The van der Waals surface area contributed by atoms with E-state index in [4.69, 9.17) is 49.2 Å². The number of ether oxygens (including phenoxy) is 2. The molecule has 0 atom stereocenters. The number of hydrogen-bond donors (Lipinski definition) is 3. The molecule has 4 aromatic carbocycles. The van der Waals surface area contributed by atoms with Gasteiger partial charge in [0.15, 0.2) is 23.1 Å². The van der Waals surface area contributed by atoms with E-state index in [1.54, 1.807) is 0 Å². The number of carboxylic acid groups (broad SMARTS) is 1. The molecule has 310 valence electrons. The molecular formula is C33H20Cl2F15N3O4. The number of aliphatic carboxylic acids is 1. The van der Waals surface area contributed by atoms with Crippen LogP contribution in [0.1, 0.15) is 12.5 Å². The molecule has 0 bridgehead atoms. The Morgan fingerprint density at radius 1 is 0.684 bits per heavy atom. The van der Waals surface area contributed by atoms with Crippen LogP contribution in [0.4, 0.5) is 82.9 Å². The Morgan fingerprint density at radius 3 is 1.53 bits per heavy atom. The van der Waals surface area contributed by atoms with E-state index >= 15 is 0 Å². The summed E-state index contributed by atoms with van der Waals surface area (Å²) in [5, 5.41) is 7.42. The molecule has 0 saturated heterocycles. The third-order valence-electron chi connectivity index (χ3n) is 7.04. The van der Waals surface area contributed by atoms with E-state index in [2.05, 4.69) is 4.99 Å². The number of carbonyl (C=O) groups is 1. The van der Waals surface area contributed by atoms with E-state index in [0.29, 0.717) is 17.8 Å². The molecule has 1 heterocycles. The average Bonchev–Trinajstić information content (AvgIpc) is 3.49. The van der Waals surface area contributed by atoms with Gasteiger partial charge in [-0.15, -0.1) is 0 Å². The molecule has 7 nitrogen and oxygen atoms in total. The molecule has 0 saturated carbocycles. The maximum atomic E-state index is 13.9. The zero-order valence-electron chi connectivity index (χ0n) is 27.7. The summed E-state index contributed by atoms with van der Waals surface area (Å²) >= 11 is 11.7. The summed E-state index contributed by atoms with van der Waals surface area (Å²) in [5.74, 6) is -28.6. The highest BCUT2D eigenvalue weighted by atomic mass is 35.5. The smallest absolute Gasteiger partial charge is 0.460 e. The van der Waals surface area contributed by atoms with Crippen molar-refractivity contribution in [3.63, 3.8) is 0 Å². The van der Waals surface area contributed by atoms with E-state index in [1.807, 2.05) is 0 Å².